The van der Waals surface area contributed by atoms with Gasteiger partial charge in [-0.1, -0.05) is 18.2 Å². The Kier molecular flexibility index (Phi) is 6.56. The molecular formula is C22H25N3O4S. The molecular weight excluding hydrogens is 402 g/mol. The number of rotatable bonds is 7. The Hall–Kier alpha value is -3.13. The molecule has 3 aromatic rings. The quantitative estimate of drug-likeness (QED) is 0.583. The molecule has 0 spiro atoms. The molecule has 0 radical (unpaired) electrons. The summed E-state index contributed by atoms with van der Waals surface area (Å²) in [4.78, 5) is 26.6. The average Bonchev–Trinajstić information content (AvgIpc) is 2.97. The second-order valence-corrected chi connectivity index (χ2v) is 8.12. The first-order chi connectivity index (χ1) is 14.4. The highest BCUT2D eigenvalue weighted by atomic mass is 32.2. The Morgan fingerprint density at radius 3 is 2.37 bits per heavy atom. The minimum absolute atomic E-state index is 0.249. The van der Waals surface area contributed by atoms with Crippen molar-refractivity contribution in [3.63, 3.8) is 0 Å². The van der Waals surface area contributed by atoms with Gasteiger partial charge in [0.2, 0.25) is 5.91 Å². The molecule has 1 heterocycles. The maximum atomic E-state index is 13.0. The average molecular weight is 428 g/mol. The number of carbonyl (C=O) groups excluding carboxylic acids is 1. The van der Waals surface area contributed by atoms with E-state index in [-0.39, 0.29) is 17.2 Å². The zero-order valence-electron chi connectivity index (χ0n) is 17.6. The summed E-state index contributed by atoms with van der Waals surface area (Å²) in [7, 11) is 4.94. The van der Waals surface area contributed by atoms with Crippen LogP contribution in [0.3, 0.4) is 0 Å². The number of hydrogen-bond donors (Lipinski definition) is 1. The number of aromatic nitrogens is 2. The van der Waals surface area contributed by atoms with E-state index in [1.165, 1.54) is 16.4 Å². The number of thioether (sulfide) groups is 1. The summed E-state index contributed by atoms with van der Waals surface area (Å²) in [5.41, 5.74) is 1.44. The number of amides is 1. The topological polar surface area (TPSA) is 74.5 Å². The number of benzene rings is 2. The summed E-state index contributed by atoms with van der Waals surface area (Å²) in [6.07, 6.45) is 0. The maximum Gasteiger partial charge on any atom is 0.295 e. The van der Waals surface area contributed by atoms with Crippen LogP contribution in [0, 0.1) is 6.92 Å². The lowest BCUT2D eigenvalue weighted by molar-refractivity contribution is -0.115. The van der Waals surface area contributed by atoms with Crippen molar-refractivity contribution in [1.29, 1.82) is 0 Å². The normalized spacial score (nSPS) is 11.8. The number of nitrogens with one attached hydrogen (secondary N) is 1. The van der Waals surface area contributed by atoms with Crippen molar-refractivity contribution < 1.29 is 14.3 Å². The number of methoxy groups -OCH3 is 2. The van der Waals surface area contributed by atoms with Gasteiger partial charge in [-0.15, -0.1) is 11.8 Å². The smallest absolute Gasteiger partial charge is 0.295 e. The summed E-state index contributed by atoms with van der Waals surface area (Å²) in [5.74, 6) is 0.973. The zero-order valence-corrected chi connectivity index (χ0v) is 18.4. The SMILES string of the molecule is COc1ccc(S[C@H](C)C(=O)Nc2c(C)n(C)n(-c3ccccc3)c2=O)cc1OC. The molecule has 0 aliphatic carbocycles. The number of anilines is 1. The van der Waals surface area contributed by atoms with E-state index in [4.69, 9.17) is 9.47 Å². The van der Waals surface area contributed by atoms with Crippen molar-refractivity contribution in [2.45, 2.75) is 24.0 Å². The van der Waals surface area contributed by atoms with Crippen LogP contribution in [0.5, 0.6) is 11.5 Å². The number of carbonyl (C=O) groups is 1. The monoisotopic (exact) mass is 427 g/mol. The molecule has 0 unspecified atom stereocenters. The van der Waals surface area contributed by atoms with Crippen molar-refractivity contribution in [3.8, 4) is 17.2 Å². The van der Waals surface area contributed by atoms with Crippen LogP contribution >= 0.6 is 11.8 Å². The molecule has 3 rings (SSSR count). The molecule has 0 bridgehead atoms. The standard InChI is InChI=1S/C22H25N3O4S/c1-14-20(22(27)25(24(14)3)16-9-7-6-8-10-16)23-21(26)15(2)30-17-11-12-18(28-4)19(13-17)29-5/h6-13,15H,1-5H3,(H,23,26)/t15-/m1/s1. The summed E-state index contributed by atoms with van der Waals surface area (Å²) in [5, 5.41) is 2.39. The third-order valence-electron chi connectivity index (χ3n) is 4.84. The Bertz CT molecular complexity index is 1110. The Balaban J connectivity index is 1.80. The van der Waals surface area contributed by atoms with Crippen LogP contribution in [-0.4, -0.2) is 34.7 Å². The molecule has 1 N–H and O–H groups in total. The molecule has 1 amide bonds. The number of nitrogens with zero attached hydrogens (tertiary/aromatic N) is 2. The second-order valence-electron chi connectivity index (χ2n) is 6.70. The van der Waals surface area contributed by atoms with Crippen LogP contribution in [0.4, 0.5) is 5.69 Å². The first kappa shape index (κ1) is 21.6. The summed E-state index contributed by atoms with van der Waals surface area (Å²) < 4.78 is 13.8. The van der Waals surface area contributed by atoms with Crippen LogP contribution in [0.15, 0.2) is 58.2 Å². The van der Waals surface area contributed by atoms with Gasteiger partial charge < -0.3 is 14.8 Å². The first-order valence-corrected chi connectivity index (χ1v) is 10.3. The molecule has 1 atom stereocenters. The van der Waals surface area contributed by atoms with Crippen LogP contribution in [0.1, 0.15) is 12.6 Å². The molecule has 0 saturated heterocycles. The molecule has 0 aliphatic heterocycles. The van der Waals surface area contributed by atoms with Gasteiger partial charge in [0.15, 0.2) is 11.5 Å². The van der Waals surface area contributed by atoms with Crippen LogP contribution in [0.25, 0.3) is 5.69 Å². The van der Waals surface area contributed by atoms with Gasteiger partial charge in [-0.3, -0.25) is 14.3 Å². The minimum Gasteiger partial charge on any atom is -0.493 e. The highest BCUT2D eigenvalue weighted by Crippen LogP contribution is 2.33. The third-order valence-corrected chi connectivity index (χ3v) is 5.93. The Morgan fingerprint density at radius 1 is 1.07 bits per heavy atom. The van der Waals surface area contributed by atoms with Crippen molar-refractivity contribution in [1.82, 2.24) is 9.36 Å². The fourth-order valence-corrected chi connectivity index (χ4v) is 3.98. The van der Waals surface area contributed by atoms with Gasteiger partial charge in [0, 0.05) is 11.9 Å². The number of ether oxygens (including phenoxy) is 2. The van der Waals surface area contributed by atoms with Crippen molar-refractivity contribution in [2.24, 2.45) is 7.05 Å². The molecule has 8 heteroatoms. The highest BCUT2D eigenvalue weighted by Gasteiger charge is 2.22. The largest absolute Gasteiger partial charge is 0.493 e. The third kappa shape index (κ3) is 4.23. The van der Waals surface area contributed by atoms with Gasteiger partial charge in [-0.25, -0.2) is 4.68 Å². The van der Waals surface area contributed by atoms with Gasteiger partial charge in [0.25, 0.3) is 5.56 Å². The molecule has 2 aromatic carbocycles. The molecule has 0 aliphatic rings. The fourth-order valence-electron chi connectivity index (χ4n) is 3.08. The van der Waals surface area contributed by atoms with E-state index >= 15 is 0 Å². The van der Waals surface area contributed by atoms with Crippen molar-refractivity contribution in [3.05, 3.63) is 64.6 Å². The van der Waals surface area contributed by atoms with Crippen molar-refractivity contribution >= 4 is 23.4 Å². The van der Waals surface area contributed by atoms with E-state index in [1.807, 2.05) is 49.4 Å². The van der Waals surface area contributed by atoms with Crippen LogP contribution < -0.4 is 20.3 Å². The lowest BCUT2D eigenvalue weighted by Crippen LogP contribution is -2.27. The minimum atomic E-state index is -0.424. The summed E-state index contributed by atoms with van der Waals surface area (Å²) in [6.45, 7) is 3.60. The molecule has 7 nitrogen and oxygen atoms in total. The van der Waals surface area contributed by atoms with Crippen molar-refractivity contribution in [2.75, 3.05) is 19.5 Å². The van der Waals surface area contributed by atoms with Crippen LogP contribution in [-0.2, 0) is 11.8 Å². The maximum absolute atomic E-state index is 13.0. The van der Waals surface area contributed by atoms with Gasteiger partial charge in [0.1, 0.15) is 5.69 Å². The Labute approximate surface area is 179 Å². The molecule has 158 valence electrons. The van der Waals surface area contributed by atoms with Gasteiger partial charge in [0.05, 0.1) is 30.9 Å². The van der Waals surface area contributed by atoms with E-state index in [9.17, 15) is 9.59 Å². The number of hydrogen-bond acceptors (Lipinski definition) is 5. The predicted molar refractivity (Wildman–Crippen MR) is 119 cm³/mol. The van der Waals surface area contributed by atoms with Gasteiger partial charge in [-0.2, -0.15) is 0 Å². The lowest BCUT2D eigenvalue weighted by atomic mass is 10.3. The highest BCUT2D eigenvalue weighted by molar-refractivity contribution is 8.00. The van der Waals surface area contributed by atoms with E-state index in [0.717, 1.165) is 10.6 Å². The van der Waals surface area contributed by atoms with Gasteiger partial charge >= 0.3 is 0 Å². The van der Waals surface area contributed by atoms with E-state index in [2.05, 4.69) is 5.32 Å². The summed E-state index contributed by atoms with van der Waals surface area (Å²) >= 11 is 1.38. The lowest BCUT2D eigenvalue weighted by Gasteiger charge is -2.13. The first-order valence-electron chi connectivity index (χ1n) is 9.41. The Morgan fingerprint density at radius 2 is 1.73 bits per heavy atom. The van der Waals surface area contributed by atoms with E-state index in [0.29, 0.717) is 17.2 Å². The van der Waals surface area contributed by atoms with Gasteiger partial charge in [-0.05, 0) is 44.2 Å². The molecule has 0 fully saturated rings. The fraction of sp³-hybridized carbons (Fsp3) is 0.273. The summed E-state index contributed by atoms with van der Waals surface area (Å²) in [6, 6.07) is 14.8. The second kappa shape index (κ2) is 9.13. The predicted octanol–water partition coefficient (Wildman–Crippen LogP) is 3.62. The number of para-hydroxylation sites is 1. The molecule has 30 heavy (non-hydrogen) atoms. The van der Waals surface area contributed by atoms with E-state index in [1.54, 1.807) is 38.9 Å². The van der Waals surface area contributed by atoms with E-state index < -0.39 is 5.25 Å². The molecule has 0 saturated carbocycles. The zero-order chi connectivity index (χ0) is 21.8. The molecule has 1 aromatic heterocycles. The van der Waals surface area contributed by atoms with Crippen LogP contribution in [0.2, 0.25) is 0 Å².